The second-order valence-corrected chi connectivity index (χ2v) is 4.86. The highest BCUT2D eigenvalue weighted by Gasteiger charge is 2.22. The molecule has 1 aliphatic rings. The van der Waals surface area contributed by atoms with Gasteiger partial charge in [-0.05, 0) is 26.0 Å². The summed E-state index contributed by atoms with van der Waals surface area (Å²) in [5, 5.41) is 14.0. The first-order valence-electron chi connectivity index (χ1n) is 6.26. The first kappa shape index (κ1) is 16.4. The Labute approximate surface area is 123 Å². The Morgan fingerprint density at radius 3 is 2.75 bits per heavy atom. The maximum absolute atomic E-state index is 12.3. The number of benzene rings is 1. The van der Waals surface area contributed by atoms with Crippen LogP contribution in [0.3, 0.4) is 0 Å². The maximum atomic E-state index is 12.3. The van der Waals surface area contributed by atoms with Crippen molar-refractivity contribution in [1.82, 2.24) is 10.2 Å². The van der Waals surface area contributed by atoms with Crippen LogP contribution < -0.4 is 5.32 Å². The third-order valence-electron chi connectivity index (χ3n) is 3.30. The van der Waals surface area contributed by atoms with Crippen molar-refractivity contribution in [2.45, 2.75) is 19.9 Å². The summed E-state index contributed by atoms with van der Waals surface area (Å²) in [5.41, 5.74) is 1.07. The number of halogens is 1. The number of carbonyl (C=O) groups excluding carboxylic acids is 1. The van der Waals surface area contributed by atoms with Crippen LogP contribution in [0.15, 0.2) is 18.2 Å². The van der Waals surface area contributed by atoms with Crippen molar-refractivity contribution in [2.24, 2.45) is 0 Å². The lowest BCUT2D eigenvalue weighted by Gasteiger charge is -2.32. The fourth-order valence-corrected chi connectivity index (χ4v) is 2.29. The van der Waals surface area contributed by atoms with E-state index in [-0.39, 0.29) is 30.0 Å². The summed E-state index contributed by atoms with van der Waals surface area (Å²) >= 11 is 0. The van der Waals surface area contributed by atoms with Crippen LogP contribution in [0.2, 0.25) is 0 Å². The van der Waals surface area contributed by atoms with Gasteiger partial charge in [-0.1, -0.05) is 0 Å². The number of rotatable bonds is 2. The van der Waals surface area contributed by atoms with Gasteiger partial charge in [-0.3, -0.25) is 14.9 Å². The number of hydrogen-bond donors (Lipinski definition) is 1. The van der Waals surface area contributed by atoms with Crippen LogP contribution in [-0.2, 0) is 0 Å². The molecule has 110 valence electrons. The van der Waals surface area contributed by atoms with Gasteiger partial charge >= 0.3 is 0 Å². The summed E-state index contributed by atoms with van der Waals surface area (Å²) in [7, 11) is 0. The van der Waals surface area contributed by atoms with Crippen molar-refractivity contribution in [3.8, 4) is 0 Å². The number of nitrogens with one attached hydrogen (secondary N) is 1. The molecule has 1 aliphatic heterocycles. The van der Waals surface area contributed by atoms with E-state index in [0.29, 0.717) is 24.2 Å². The predicted octanol–water partition coefficient (Wildman–Crippen LogP) is 1.76. The van der Waals surface area contributed by atoms with Gasteiger partial charge in [0.05, 0.1) is 4.92 Å². The van der Waals surface area contributed by atoms with Crippen molar-refractivity contribution < 1.29 is 9.72 Å². The molecule has 1 fully saturated rings. The van der Waals surface area contributed by atoms with E-state index in [2.05, 4.69) is 5.32 Å². The van der Waals surface area contributed by atoms with Crippen molar-refractivity contribution >= 4 is 24.0 Å². The van der Waals surface area contributed by atoms with Crippen molar-refractivity contribution in [3.05, 3.63) is 39.4 Å². The summed E-state index contributed by atoms with van der Waals surface area (Å²) in [5.74, 6) is -0.0636. The zero-order valence-corrected chi connectivity index (χ0v) is 12.3. The van der Waals surface area contributed by atoms with Crippen LogP contribution in [0.25, 0.3) is 0 Å². The van der Waals surface area contributed by atoms with Crippen LogP contribution in [0.5, 0.6) is 0 Å². The molecule has 1 aromatic carbocycles. The standard InChI is InChI=1S/C13H17N3O3.ClH/c1-9-7-11(3-4-12(9)16(18)19)13(17)15-6-5-14-10(2)8-15;/h3-4,7,10,14H,5-6,8H2,1-2H3;1H/t10-;/m0./s1. The smallest absolute Gasteiger partial charge is 0.272 e. The quantitative estimate of drug-likeness (QED) is 0.667. The lowest BCUT2D eigenvalue weighted by atomic mass is 10.1. The van der Waals surface area contributed by atoms with E-state index in [9.17, 15) is 14.9 Å². The van der Waals surface area contributed by atoms with Crippen LogP contribution in [0.4, 0.5) is 5.69 Å². The van der Waals surface area contributed by atoms with Crippen molar-refractivity contribution in [3.63, 3.8) is 0 Å². The first-order valence-corrected chi connectivity index (χ1v) is 6.26. The number of nitro benzene ring substituents is 1. The van der Waals surface area contributed by atoms with E-state index >= 15 is 0 Å². The Bertz CT molecular complexity index is 522. The van der Waals surface area contributed by atoms with E-state index in [0.717, 1.165) is 6.54 Å². The van der Waals surface area contributed by atoms with Gasteiger partial charge in [-0.15, -0.1) is 12.4 Å². The number of amides is 1. The number of piperazine rings is 1. The molecular formula is C13H18ClN3O3. The first-order chi connectivity index (χ1) is 8.99. The molecule has 1 saturated heterocycles. The fraction of sp³-hybridized carbons (Fsp3) is 0.462. The lowest BCUT2D eigenvalue weighted by molar-refractivity contribution is -0.385. The monoisotopic (exact) mass is 299 g/mol. The van der Waals surface area contributed by atoms with Gasteiger partial charge in [0, 0.05) is 42.9 Å². The van der Waals surface area contributed by atoms with Gasteiger partial charge < -0.3 is 10.2 Å². The molecule has 0 aromatic heterocycles. The highest BCUT2D eigenvalue weighted by atomic mass is 35.5. The van der Waals surface area contributed by atoms with E-state index in [1.54, 1.807) is 17.9 Å². The molecule has 0 bridgehead atoms. The minimum absolute atomic E-state index is 0. The molecular weight excluding hydrogens is 282 g/mol. The zero-order valence-electron chi connectivity index (χ0n) is 11.5. The summed E-state index contributed by atoms with van der Waals surface area (Å²) in [6.45, 7) is 5.78. The van der Waals surface area contributed by atoms with Crippen molar-refractivity contribution in [2.75, 3.05) is 19.6 Å². The van der Waals surface area contributed by atoms with Crippen LogP contribution in [0, 0.1) is 17.0 Å². The fourth-order valence-electron chi connectivity index (χ4n) is 2.29. The minimum atomic E-state index is -0.434. The second kappa shape index (κ2) is 6.67. The van der Waals surface area contributed by atoms with E-state index < -0.39 is 4.92 Å². The van der Waals surface area contributed by atoms with Gasteiger partial charge in [0.2, 0.25) is 0 Å². The molecule has 2 rings (SSSR count). The molecule has 0 radical (unpaired) electrons. The van der Waals surface area contributed by atoms with Crippen LogP contribution in [0.1, 0.15) is 22.8 Å². The lowest BCUT2D eigenvalue weighted by Crippen LogP contribution is -2.51. The number of aryl methyl sites for hydroxylation is 1. The SMILES string of the molecule is Cc1cc(C(=O)N2CCN[C@@H](C)C2)ccc1[N+](=O)[O-].Cl. The predicted molar refractivity (Wildman–Crippen MR) is 78.4 cm³/mol. The summed E-state index contributed by atoms with van der Waals surface area (Å²) in [6, 6.07) is 4.79. The largest absolute Gasteiger partial charge is 0.336 e. The molecule has 1 aromatic rings. The number of hydrogen-bond acceptors (Lipinski definition) is 4. The van der Waals surface area contributed by atoms with E-state index in [1.165, 1.54) is 12.1 Å². The molecule has 0 aliphatic carbocycles. The maximum Gasteiger partial charge on any atom is 0.272 e. The van der Waals surface area contributed by atoms with E-state index in [1.807, 2.05) is 6.92 Å². The van der Waals surface area contributed by atoms with Crippen molar-refractivity contribution in [1.29, 1.82) is 0 Å². The van der Waals surface area contributed by atoms with Gasteiger partial charge in [0.15, 0.2) is 0 Å². The molecule has 1 atom stereocenters. The summed E-state index contributed by atoms with van der Waals surface area (Å²) in [6.07, 6.45) is 0. The molecule has 0 unspecified atom stereocenters. The molecule has 7 heteroatoms. The average molecular weight is 300 g/mol. The van der Waals surface area contributed by atoms with Crippen LogP contribution in [-0.4, -0.2) is 41.4 Å². The molecule has 1 N–H and O–H groups in total. The Hall–Kier alpha value is -1.66. The summed E-state index contributed by atoms with van der Waals surface area (Å²) in [4.78, 5) is 24.4. The van der Waals surface area contributed by atoms with Gasteiger partial charge in [0.1, 0.15) is 0 Å². The van der Waals surface area contributed by atoms with Gasteiger partial charge in [0.25, 0.3) is 11.6 Å². The van der Waals surface area contributed by atoms with Gasteiger partial charge in [-0.2, -0.15) is 0 Å². The minimum Gasteiger partial charge on any atom is -0.336 e. The second-order valence-electron chi connectivity index (χ2n) is 4.86. The molecule has 6 nitrogen and oxygen atoms in total. The molecule has 0 spiro atoms. The third-order valence-corrected chi connectivity index (χ3v) is 3.30. The van der Waals surface area contributed by atoms with Crippen LogP contribution >= 0.6 is 12.4 Å². The highest BCUT2D eigenvalue weighted by molar-refractivity contribution is 5.94. The Balaban J connectivity index is 0.00000200. The summed E-state index contributed by atoms with van der Waals surface area (Å²) < 4.78 is 0. The Morgan fingerprint density at radius 1 is 1.50 bits per heavy atom. The Morgan fingerprint density at radius 2 is 2.20 bits per heavy atom. The highest BCUT2D eigenvalue weighted by Crippen LogP contribution is 2.20. The number of carbonyl (C=O) groups is 1. The topological polar surface area (TPSA) is 75.5 Å². The third kappa shape index (κ3) is 3.46. The number of nitro groups is 1. The molecule has 20 heavy (non-hydrogen) atoms. The Kier molecular flexibility index (Phi) is 5.47. The molecule has 0 saturated carbocycles. The van der Waals surface area contributed by atoms with E-state index in [4.69, 9.17) is 0 Å². The zero-order chi connectivity index (χ0) is 14.0. The van der Waals surface area contributed by atoms with Gasteiger partial charge in [-0.25, -0.2) is 0 Å². The normalized spacial score (nSPS) is 18.3. The average Bonchev–Trinajstić information content (AvgIpc) is 2.37. The number of nitrogens with zero attached hydrogens (tertiary/aromatic N) is 2. The molecule has 1 amide bonds. The molecule has 1 heterocycles.